The lowest BCUT2D eigenvalue weighted by molar-refractivity contribution is -0.275. The summed E-state index contributed by atoms with van der Waals surface area (Å²) in [4.78, 5) is 12.6. The Hall–Kier alpha value is -2.90. The van der Waals surface area contributed by atoms with Crippen LogP contribution in [0.25, 0.3) is 0 Å². The van der Waals surface area contributed by atoms with Gasteiger partial charge in [0.2, 0.25) is 0 Å². The molecule has 0 fully saturated rings. The second-order valence-corrected chi connectivity index (χ2v) is 7.23. The molecule has 0 bridgehead atoms. The van der Waals surface area contributed by atoms with Gasteiger partial charge < -0.3 is 14.6 Å². The first-order valence-corrected chi connectivity index (χ1v) is 9.21. The van der Waals surface area contributed by atoms with E-state index >= 15 is 0 Å². The van der Waals surface area contributed by atoms with Crippen molar-refractivity contribution in [2.45, 2.75) is 46.1 Å². The second kappa shape index (κ2) is 7.85. The topological polar surface area (TPSA) is 59.0 Å². The van der Waals surface area contributed by atoms with Crippen LogP contribution < -0.4 is 14.4 Å². The number of amides is 1. The molecule has 0 spiro atoms. The summed E-state index contributed by atoms with van der Waals surface area (Å²) < 4.78 is 48.2. The van der Waals surface area contributed by atoms with Gasteiger partial charge in [0, 0.05) is 6.54 Å². The number of anilines is 1. The first-order valence-electron chi connectivity index (χ1n) is 9.21. The Balaban J connectivity index is 1.80. The molecule has 1 heterocycles. The van der Waals surface area contributed by atoms with E-state index in [2.05, 4.69) is 4.74 Å². The number of benzene rings is 2. The maximum atomic E-state index is 12.7. The molecule has 3 rings (SSSR count). The average Bonchev–Trinajstić information content (AvgIpc) is 3.05. The van der Waals surface area contributed by atoms with Gasteiger partial charge in [0.25, 0.3) is 0 Å². The summed E-state index contributed by atoms with van der Waals surface area (Å²) in [5, 5.41) is 9.24. The van der Waals surface area contributed by atoms with Crippen molar-refractivity contribution in [3.63, 3.8) is 0 Å². The van der Waals surface area contributed by atoms with Gasteiger partial charge in [0.15, 0.2) is 0 Å². The van der Waals surface area contributed by atoms with Crippen LogP contribution in [0.5, 0.6) is 11.5 Å². The van der Waals surface area contributed by atoms with Crippen molar-refractivity contribution in [3.8, 4) is 11.5 Å². The third kappa shape index (κ3) is 4.58. The van der Waals surface area contributed by atoms with E-state index in [0.717, 1.165) is 11.1 Å². The Morgan fingerprint density at radius 3 is 2.55 bits per heavy atom. The molecule has 0 saturated carbocycles. The largest absolute Gasteiger partial charge is 0.573 e. The van der Waals surface area contributed by atoms with Crippen molar-refractivity contribution < 1.29 is 32.5 Å². The molecule has 2 aromatic carbocycles. The molecule has 0 aromatic heterocycles. The molecule has 1 aliphatic rings. The van der Waals surface area contributed by atoms with E-state index in [1.807, 2.05) is 6.92 Å². The smallest absolute Gasteiger partial charge is 0.489 e. The quantitative estimate of drug-likeness (QED) is 0.695. The van der Waals surface area contributed by atoms with Crippen LogP contribution in [-0.4, -0.2) is 24.1 Å². The number of carbonyl (C=O) groups is 1. The van der Waals surface area contributed by atoms with Crippen molar-refractivity contribution in [1.29, 1.82) is 0 Å². The summed E-state index contributed by atoms with van der Waals surface area (Å²) in [6.45, 7) is 5.89. The predicted molar refractivity (Wildman–Crippen MR) is 102 cm³/mol. The summed E-state index contributed by atoms with van der Waals surface area (Å²) in [5.74, 6) is 0.219. The number of halogens is 3. The highest BCUT2D eigenvalue weighted by molar-refractivity contribution is 5.89. The summed E-state index contributed by atoms with van der Waals surface area (Å²) in [5.41, 5.74) is 3.39. The summed E-state index contributed by atoms with van der Waals surface area (Å²) in [6, 6.07) is 8.06. The molecule has 29 heavy (non-hydrogen) atoms. The zero-order chi connectivity index (χ0) is 21.3. The Kier molecular flexibility index (Phi) is 5.64. The lowest BCUT2D eigenvalue weighted by Gasteiger charge is -2.18. The lowest BCUT2D eigenvalue weighted by atomic mass is 10.0. The third-order valence-electron chi connectivity index (χ3n) is 4.95. The zero-order valence-corrected chi connectivity index (χ0v) is 16.3. The van der Waals surface area contributed by atoms with Crippen LogP contribution in [0.4, 0.5) is 23.7 Å². The van der Waals surface area contributed by atoms with E-state index in [4.69, 9.17) is 4.74 Å². The predicted octanol–water partition coefficient (Wildman–Crippen LogP) is 5.64. The average molecular weight is 409 g/mol. The minimum absolute atomic E-state index is 0.0643. The van der Waals surface area contributed by atoms with Crippen LogP contribution in [0.3, 0.4) is 0 Å². The van der Waals surface area contributed by atoms with Crippen molar-refractivity contribution in [1.82, 2.24) is 0 Å². The van der Waals surface area contributed by atoms with Gasteiger partial charge in [-0.3, -0.25) is 4.90 Å². The van der Waals surface area contributed by atoms with E-state index in [0.29, 0.717) is 35.5 Å². The fraction of sp³-hybridized carbons (Fsp3) is 0.381. The van der Waals surface area contributed by atoms with E-state index < -0.39 is 12.5 Å². The highest BCUT2D eigenvalue weighted by atomic mass is 19.4. The molecule has 8 heteroatoms. The van der Waals surface area contributed by atoms with Crippen LogP contribution in [0.1, 0.15) is 42.0 Å². The van der Waals surface area contributed by atoms with E-state index in [9.17, 15) is 23.1 Å². The number of carboxylic acid groups (broad SMARTS) is 1. The maximum absolute atomic E-state index is 12.7. The van der Waals surface area contributed by atoms with Crippen LogP contribution in [0, 0.1) is 6.92 Å². The molecule has 1 aliphatic heterocycles. The molecule has 0 aliphatic carbocycles. The number of alkyl halides is 3. The maximum Gasteiger partial charge on any atom is 0.573 e. The molecule has 1 N–H and O–H groups in total. The normalized spacial score (nSPS) is 13.6. The third-order valence-corrected chi connectivity index (χ3v) is 4.95. The van der Waals surface area contributed by atoms with Gasteiger partial charge in [-0.2, -0.15) is 0 Å². The Morgan fingerprint density at radius 2 is 1.93 bits per heavy atom. The number of fused-ring (bicyclic) bond motifs is 1. The fourth-order valence-corrected chi connectivity index (χ4v) is 3.51. The minimum Gasteiger partial charge on any atom is -0.489 e. The van der Waals surface area contributed by atoms with Crippen LogP contribution in [0.15, 0.2) is 30.3 Å². The van der Waals surface area contributed by atoms with Crippen LogP contribution in [0.2, 0.25) is 0 Å². The number of hydrogen-bond acceptors (Lipinski definition) is 3. The summed E-state index contributed by atoms with van der Waals surface area (Å²) in [6.07, 6.45) is -5.17. The van der Waals surface area contributed by atoms with Gasteiger partial charge in [-0.25, -0.2) is 4.79 Å². The molecule has 1 amide bonds. The van der Waals surface area contributed by atoms with Crippen molar-refractivity contribution in [2.75, 3.05) is 11.4 Å². The molecule has 0 saturated heterocycles. The minimum atomic E-state index is -4.77. The van der Waals surface area contributed by atoms with E-state index in [1.54, 1.807) is 38.1 Å². The fourth-order valence-electron chi connectivity index (χ4n) is 3.51. The summed E-state index contributed by atoms with van der Waals surface area (Å²) >= 11 is 0. The molecule has 0 atom stereocenters. The standard InChI is InChI=1S/C21H22F3NO4/c1-12(2)15-5-4-14(10-19(15)29-21(22,23)24)11-28-18-7-6-17-16(13(18)3)8-9-25(17)20(26)27/h4-7,10,12H,8-9,11H2,1-3H3,(H,26,27). The van der Waals surface area contributed by atoms with Crippen molar-refractivity contribution in [2.24, 2.45) is 0 Å². The molecule has 0 radical (unpaired) electrons. The Labute approximate surface area is 166 Å². The molecule has 5 nitrogen and oxygen atoms in total. The second-order valence-electron chi connectivity index (χ2n) is 7.23. The monoisotopic (exact) mass is 409 g/mol. The molecule has 0 unspecified atom stereocenters. The lowest BCUT2D eigenvalue weighted by Crippen LogP contribution is -2.26. The Bertz CT molecular complexity index is 925. The zero-order valence-electron chi connectivity index (χ0n) is 16.3. The number of rotatable bonds is 5. The number of hydrogen-bond donors (Lipinski definition) is 1. The number of nitrogens with zero attached hydrogens (tertiary/aromatic N) is 1. The van der Waals surface area contributed by atoms with E-state index in [-0.39, 0.29) is 18.3 Å². The van der Waals surface area contributed by atoms with Gasteiger partial charge in [0.1, 0.15) is 18.1 Å². The van der Waals surface area contributed by atoms with Crippen molar-refractivity contribution >= 4 is 11.8 Å². The van der Waals surface area contributed by atoms with Crippen LogP contribution in [-0.2, 0) is 13.0 Å². The molecular formula is C21H22F3NO4. The van der Waals surface area contributed by atoms with Gasteiger partial charge in [-0.1, -0.05) is 26.0 Å². The van der Waals surface area contributed by atoms with Crippen molar-refractivity contribution in [3.05, 3.63) is 52.6 Å². The number of ether oxygens (including phenoxy) is 2. The highest BCUT2D eigenvalue weighted by Crippen LogP contribution is 2.36. The highest BCUT2D eigenvalue weighted by Gasteiger charge is 2.32. The first-order chi connectivity index (χ1) is 13.6. The molecule has 156 valence electrons. The first kappa shape index (κ1) is 20.8. The Morgan fingerprint density at radius 1 is 1.21 bits per heavy atom. The van der Waals surface area contributed by atoms with Gasteiger partial charge in [-0.15, -0.1) is 13.2 Å². The molecular weight excluding hydrogens is 387 g/mol. The van der Waals surface area contributed by atoms with Gasteiger partial charge in [-0.05, 0) is 59.7 Å². The molecule has 2 aromatic rings. The van der Waals surface area contributed by atoms with Gasteiger partial charge in [0.05, 0.1) is 5.69 Å². The van der Waals surface area contributed by atoms with Crippen LogP contribution >= 0.6 is 0 Å². The summed E-state index contributed by atoms with van der Waals surface area (Å²) in [7, 11) is 0. The SMILES string of the molecule is Cc1c(OCc2ccc(C(C)C)c(OC(F)(F)F)c2)ccc2c1CCN2C(=O)O. The van der Waals surface area contributed by atoms with E-state index in [1.165, 1.54) is 11.0 Å². The van der Waals surface area contributed by atoms with Gasteiger partial charge >= 0.3 is 12.5 Å².